The molecule has 0 saturated heterocycles. The van der Waals surface area contributed by atoms with E-state index in [4.69, 9.17) is 0 Å². The average Bonchev–Trinajstić information content (AvgIpc) is 2.66. The van der Waals surface area contributed by atoms with Crippen LogP contribution in [0, 0.1) is 13.8 Å². The molecule has 26 heavy (non-hydrogen) atoms. The zero-order valence-corrected chi connectivity index (χ0v) is 14.7. The summed E-state index contributed by atoms with van der Waals surface area (Å²) in [5, 5.41) is 4.03. The van der Waals surface area contributed by atoms with Crippen LogP contribution >= 0.6 is 0 Å². The van der Waals surface area contributed by atoms with Crippen molar-refractivity contribution < 1.29 is 4.79 Å². The van der Waals surface area contributed by atoms with Crippen LogP contribution in [0.4, 0.5) is 0 Å². The number of hydrogen-bond donors (Lipinski definition) is 1. The van der Waals surface area contributed by atoms with Crippen molar-refractivity contribution >= 4 is 27.8 Å². The Morgan fingerprint density at radius 3 is 2.54 bits per heavy atom. The lowest BCUT2D eigenvalue weighted by molar-refractivity contribution is 0.0951. The number of amides is 1. The Bertz CT molecular complexity index is 1130. The van der Waals surface area contributed by atoms with Gasteiger partial charge in [-0.3, -0.25) is 9.78 Å². The van der Waals surface area contributed by atoms with Gasteiger partial charge in [-0.15, -0.1) is 0 Å². The van der Waals surface area contributed by atoms with Crippen LogP contribution < -0.4 is 5.32 Å². The minimum absolute atomic E-state index is 0.132. The molecule has 0 aliphatic carbocycles. The van der Waals surface area contributed by atoms with Crippen LogP contribution in [0.3, 0.4) is 0 Å². The molecule has 2 aromatic heterocycles. The van der Waals surface area contributed by atoms with Crippen LogP contribution in [0.15, 0.2) is 54.7 Å². The van der Waals surface area contributed by atoms with Crippen molar-refractivity contribution in [1.29, 1.82) is 0 Å². The van der Waals surface area contributed by atoms with Crippen LogP contribution in [0.2, 0.25) is 0 Å². The average molecular weight is 342 g/mol. The number of aryl methyl sites for hydroxylation is 2. The van der Waals surface area contributed by atoms with Gasteiger partial charge in [-0.05, 0) is 49.7 Å². The fraction of sp³-hybridized carbons (Fsp3) is 0.143. The fourth-order valence-corrected chi connectivity index (χ4v) is 2.96. The van der Waals surface area contributed by atoms with Crippen molar-refractivity contribution in [1.82, 2.24) is 20.3 Å². The van der Waals surface area contributed by atoms with Crippen molar-refractivity contribution in [3.05, 3.63) is 77.2 Å². The molecule has 1 N–H and O–H groups in total. The highest BCUT2D eigenvalue weighted by molar-refractivity contribution is 5.97. The number of rotatable bonds is 3. The van der Waals surface area contributed by atoms with Crippen LogP contribution in [0.5, 0.6) is 0 Å². The lowest BCUT2D eigenvalue weighted by Crippen LogP contribution is -2.23. The monoisotopic (exact) mass is 342 g/mol. The SMILES string of the molecule is Cc1nc2ccc(C(=O)NCc3ccnc4ccccc34)cc2nc1C. The number of carbonyl (C=O) groups excluding carboxylic acids is 1. The molecule has 5 nitrogen and oxygen atoms in total. The molecule has 128 valence electrons. The van der Waals surface area contributed by atoms with Crippen molar-refractivity contribution in [3.63, 3.8) is 0 Å². The van der Waals surface area contributed by atoms with E-state index < -0.39 is 0 Å². The second kappa shape index (κ2) is 6.52. The first-order valence-corrected chi connectivity index (χ1v) is 8.47. The first kappa shape index (κ1) is 16.1. The highest BCUT2D eigenvalue weighted by Gasteiger charge is 2.10. The summed E-state index contributed by atoms with van der Waals surface area (Å²) in [7, 11) is 0. The smallest absolute Gasteiger partial charge is 0.251 e. The number of hydrogen-bond acceptors (Lipinski definition) is 4. The topological polar surface area (TPSA) is 67.8 Å². The molecule has 0 bridgehead atoms. The van der Waals surface area contributed by atoms with Gasteiger partial charge in [0.25, 0.3) is 5.91 Å². The number of benzene rings is 2. The lowest BCUT2D eigenvalue weighted by Gasteiger charge is -2.09. The number of carbonyl (C=O) groups is 1. The highest BCUT2D eigenvalue weighted by atomic mass is 16.1. The first-order chi connectivity index (χ1) is 12.6. The number of nitrogens with one attached hydrogen (secondary N) is 1. The second-order valence-corrected chi connectivity index (χ2v) is 6.27. The standard InChI is InChI=1S/C21H18N4O/c1-13-14(2)25-20-11-15(7-8-19(20)24-13)21(26)23-12-16-9-10-22-18-6-4-3-5-17(16)18/h3-11H,12H2,1-2H3,(H,23,26). The van der Waals surface area contributed by atoms with Crippen LogP contribution in [0.25, 0.3) is 21.9 Å². The third kappa shape index (κ3) is 2.99. The van der Waals surface area contributed by atoms with E-state index in [0.29, 0.717) is 12.1 Å². The summed E-state index contributed by atoms with van der Waals surface area (Å²) in [6, 6.07) is 15.2. The van der Waals surface area contributed by atoms with Gasteiger partial charge in [0.1, 0.15) is 0 Å². The van der Waals surface area contributed by atoms with E-state index in [2.05, 4.69) is 20.3 Å². The van der Waals surface area contributed by atoms with Crippen LogP contribution in [-0.4, -0.2) is 20.9 Å². The normalized spacial score (nSPS) is 11.0. The van der Waals surface area contributed by atoms with Crippen molar-refractivity contribution in [2.24, 2.45) is 0 Å². The zero-order valence-electron chi connectivity index (χ0n) is 14.7. The molecule has 2 aromatic carbocycles. The van der Waals surface area contributed by atoms with Gasteiger partial charge in [-0.2, -0.15) is 0 Å². The molecule has 0 unspecified atom stereocenters. The molecule has 0 spiro atoms. The number of aromatic nitrogens is 3. The summed E-state index contributed by atoms with van der Waals surface area (Å²) in [4.78, 5) is 26.0. The van der Waals surface area contributed by atoms with Crippen LogP contribution in [0.1, 0.15) is 27.3 Å². The molecule has 4 rings (SSSR count). The fourth-order valence-electron chi connectivity index (χ4n) is 2.96. The van der Waals surface area contributed by atoms with Crippen molar-refractivity contribution in [3.8, 4) is 0 Å². The van der Waals surface area contributed by atoms with Crippen molar-refractivity contribution in [2.75, 3.05) is 0 Å². The van der Waals surface area contributed by atoms with Crippen LogP contribution in [-0.2, 0) is 6.54 Å². The van der Waals surface area contributed by atoms with E-state index in [-0.39, 0.29) is 5.91 Å². The third-order valence-electron chi connectivity index (χ3n) is 4.52. The number of nitrogens with zero attached hydrogens (tertiary/aromatic N) is 3. The summed E-state index contributed by atoms with van der Waals surface area (Å²) in [6.45, 7) is 4.29. The van der Waals surface area contributed by atoms with Gasteiger partial charge in [0.05, 0.1) is 27.9 Å². The quantitative estimate of drug-likeness (QED) is 0.616. The molecule has 0 atom stereocenters. The largest absolute Gasteiger partial charge is 0.348 e. The Labute approximate surface area is 151 Å². The van der Waals surface area contributed by atoms with Gasteiger partial charge in [-0.1, -0.05) is 18.2 Å². The van der Waals surface area contributed by atoms with E-state index in [9.17, 15) is 4.79 Å². The predicted molar refractivity (Wildman–Crippen MR) is 102 cm³/mol. The molecular formula is C21H18N4O. The molecule has 5 heteroatoms. The maximum absolute atomic E-state index is 12.6. The van der Waals surface area contributed by atoms with E-state index in [0.717, 1.165) is 38.9 Å². The van der Waals surface area contributed by atoms with E-state index in [1.54, 1.807) is 18.3 Å². The Balaban J connectivity index is 1.58. The summed E-state index contributed by atoms with van der Waals surface area (Å²) in [5.74, 6) is -0.132. The molecule has 0 fully saturated rings. The molecule has 0 saturated carbocycles. The molecule has 0 radical (unpaired) electrons. The third-order valence-corrected chi connectivity index (χ3v) is 4.52. The molecule has 0 aliphatic rings. The minimum atomic E-state index is -0.132. The summed E-state index contributed by atoms with van der Waals surface area (Å²) < 4.78 is 0. The zero-order chi connectivity index (χ0) is 18.1. The second-order valence-electron chi connectivity index (χ2n) is 6.27. The molecule has 0 aliphatic heterocycles. The van der Waals surface area contributed by atoms with E-state index in [1.807, 2.05) is 50.2 Å². The van der Waals surface area contributed by atoms with Gasteiger partial charge in [-0.25, -0.2) is 9.97 Å². The summed E-state index contributed by atoms with van der Waals surface area (Å²) in [5.41, 5.74) is 5.84. The number of pyridine rings is 1. The van der Waals surface area contributed by atoms with E-state index in [1.165, 1.54) is 0 Å². The van der Waals surface area contributed by atoms with Gasteiger partial charge >= 0.3 is 0 Å². The van der Waals surface area contributed by atoms with E-state index >= 15 is 0 Å². The first-order valence-electron chi connectivity index (χ1n) is 8.47. The maximum atomic E-state index is 12.6. The number of para-hydroxylation sites is 1. The Kier molecular flexibility index (Phi) is 4.05. The van der Waals surface area contributed by atoms with Gasteiger partial charge in [0.15, 0.2) is 0 Å². The maximum Gasteiger partial charge on any atom is 0.251 e. The highest BCUT2D eigenvalue weighted by Crippen LogP contribution is 2.17. The molecule has 1 amide bonds. The summed E-state index contributed by atoms with van der Waals surface area (Å²) in [6.07, 6.45) is 1.76. The predicted octanol–water partition coefficient (Wildman–Crippen LogP) is 3.72. The number of fused-ring (bicyclic) bond motifs is 2. The molecule has 2 heterocycles. The Hall–Kier alpha value is -3.34. The Morgan fingerprint density at radius 1 is 0.923 bits per heavy atom. The molecule has 4 aromatic rings. The van der Waals surface area contributed by atoms with Gasteiger partial charge < -0.3 is 5.32 Å². The molecular weight excluding hydrogens is 324 g/mol. The lowest BCUT2D eigenvalue weighted by atomic mass is 10.1. The minimum Gasteiger partial charge on any atom is -0.348 e. The van der Waals surface area contributed by atoms with Crippen molar-refractivity contribution in [2.45, 2.75) is 20.4 Å². The van der Waals surface area contributed by atoms with Gasteiger partial charge in [0.2, 0.25) is 0 Å². The summed E-state index contributed by atoms with van der Waals surface area (Å²) >= 11 is 0. The van der Waals surface area contributed by atoms with Gasteiger partial charge in [0, 0.05) is 23.7 Å². The Morgan fingerprint density at radius 2 is 1.69 bits per heavy atom.